The Morgan fingerprint density at radius 1 is 1.14 bits per heavy atom. The Morgan fingerprint density at radius 3 is 2.71 bits per heavy atom. The van der Waals surface area contributed by atoms with Gasteiger partial charge in [0.25, 0.3) is 0 Å². The van der Waals surface area contributed by atoms with Crippen LogP contribution in [0.25, 0.3) is 0 Å². The molecule has 0 aliphatic rings. The first kappa shape index (κ1) is 15.2. The topological polar surface area (TPSA) is 30.5 Å². The lowest BCUT2D eigenvalue weighted by molar-refractivity contribution is 0.317. The van der Waals surface area contributed by atoms with Crippen molar-refractivity contribution in [3.05, 3.63) is 53.8 Å². The second-order valence-electron chi connectivity index (χ2n) is 4.70. The molecule has 0 aromatic heterocycles. The molecule has 0 fully saturated rings. The van der Waals surface area contributed by atoms with E-state index in [1.54, 1.807) is 12.1 Å². The first-order valence-electron chi connectivity index (χ1n) is 7.02. The van der Waals surface area contributed by atoms with Crippen molar-refractivity contribution in [2.45, 2.75) is 19.9 Å². The van der Waals surface area contributed by atoms with Gasteiger partial charge in [-0.15, -0.1) is 0 Å². The zero-order valence-corrected chi connectivity index (χ0v) is 12.4. The van der Waals surface area contributed by atoms with Crippen LogP contribution in [-0.2, 0) is 6.54 Å². The van der Waals surface area contributed by atoms with Gasteiger partial charge in [-0.3, -0.25) is 0 Å². The first-order valence-corrected chi connectivity index (χ1v) is 7.02. The zero-order chi connectivity index (χ0) is 15.1. The number of nitrogens with one attached hydrogen (secondary N) is 1. The van der Waals surface area contributed by atoms with Gasteiger partial charge < -0.3 is 14.8 Å². The number of benzene rings is 2. The van der Waals surface area contributed by atoms with Gasteiger partial charge in [-0.2, -0.15) is 0 Å². The monoisotopic (exact) mass is 289 g/mol. The van der Waals surface area contributed by atoms with Gasteiger partial charge in [0.2, 0.25) is 0 Å². The maximum atomic E-state index is 13.6. The molecule has 21 heavy (non-hydrogen) atoms. The second kappa shape index (κ2) is 7.53. The number of ether oxygens (including phenoxy) is 2. The molecule has 4 heteroatoms. The maximum absolute atomic E-state index is 13.6. The standard InChI is InChI=1S/C17H20FNO2/c1-3-9-21-15-6-4-5-13(10-15)12-19-14-7-8-17(20-2)16(18)11-14/h4-8,10-11,19H,3,9,12H2,1-2H3. The fourth-order valence-corrected chi connectivity index (χ4v) is 1.95. The second-order valence-corrected chi connectivity index (χ2v) is 4.70. The minimum Gasteiger partial charge on any atom is -0.494 e. The van der Waals surface area contributed by atoms with Crippen LogP contribution in [-0.4, -0.2) is 13.7 Å². The molecule has 0 spiro atoms. The highest BCUT2D eigenvalue weighted by Crippen LogP contribution is 2.21. The van der Waals surface area contributed by atoms with E-state index in [2.05, 4.69) is 12.2 Å². The molecule has 0 aliphatic heterocycles. The molecular formula is C17H20FNO2. The molecule has 2 rings (SSSR count). The molecule has 2 aromatic rings. The number of rotatable bonds is 7. The summed E-state index contributed by atoms with van der Waals surface area (Å²) in [6.07, 6.45) is 0.980. The Labute approximate surface area is 124 Å². The minimum absolute atomic E-state index is 0.246. The van der Waals surface area contributed by atoms with Gasteiger partial charge in [0.05, 0.1) is 13.7 Å². The van der Waals surface area contributed by atoms with E-state index in [4.69, 9.17) is 9.47 Å². The van der Waals surface area contributed by atoms with Crippen LogP contribution in [0, 0.1) is 5.82 Å². The highest BCUT2D eigenvalue weighted by atomic mass is 19.1. The highest BCUT2D eigenvalue weighted by Gasteiger charge is 2.03. The average molecular weight is 289 g/mol. The van der Waals surface area contributed by atoms with Crippen LogP contribution in [0.1, 0.15) is 18.9 Å². The van der Waals surface area contributed by atoms with Crippen LogP contribution in [0.3, 0.4) is 0 Å². The molecule has 0 bridgehead atoms. The Kier molecular flexibility index (Phi) is 5.43. The summed E-state index contributed by atoms with van der Waals surface area (Å²) in [5.41, 5.74) is 1.80. The quantitative estimate of drug-likeness (QED) is 0.827. The Balaban J connectivity index is 1.97. The van der Waals surface area contributed by atoms with Crippen molar-refractivity contribution < 1.29 is 13.9 Å². The number of hydrogen-bond donors (Lipinski definition) is 1. The number of hydrogen-bond acceptors (Lipinski definition) is 3. The predicted molar refractivity (Wildman–Crippen MR) is 82.5 cm³/mol. The van der Waals surface area contributed by atoms with Crippen molar-refractivity contribution >= 4 is 5.69 Å². The Bertz CT molecular complexity index is 587. The Hall–Kier alpha value is -2.23. The molecule has 0 unspecified atom stereocenters. The number of halogens is 1. The summed E-state index contributed by atoms with van der Waals surface area (Å²) in [5.74, 6) is 0.732. The summed E-state index contributed by atoms with van der Waals surface area (Å²) in [7, 11) is 1.45. The number of anilines is 1. The summed E-state index contributed by atoms with van der Waals surface area (Å²) >= 11 is 0. The molecule has 2 aromatic carbocycles. The largest absolute Gasteiger partial charge is 0.494 e. The van der Waals surface area contributed by atoms with E-state index in [0.29, 0.717) is 18.8 Å². The molecule has 0 aliphatic carbocycles. The summed E-state index contributed by atoms with van der Waals surface area (Å²) in [4.78, 5) is 0. The van der Waals surface area contributed by atoms with Crippen LogP contribution in [0.4, 0.5) is 10.1 Å². The third-order valence-corrected chi connectivity index (χ3v) is 3.02. The lowest BCUT2D eigenvalue weighted by atomic mass is 10.2. The molecule has 0 atom stereocenters. The van der Waals surface area contributed by atoms with Crippen molar-refractivity contribution in [2.75, 3.05) is 19.0 Å². The van der Waals surface area contributed by atoms with E-state index in [9.17, 15) is 4.39 Å². The summed E-state index contributed by atoms with van der Waals surface area (Å²) in [5, 5.41) is 3.19. The van der Waals surface area contributed by atoms with E-state index >= 15 is 0 Å². The van der Waals surface area contributed by atoms with Crippen LogP contribution in [0.15, 0.2) is 42.5 Å². The van der Waals surface area contributed by atoms with Gasteiger partial charge in [0.15, 0.2) is 11.6 Å². The van der Waals surface area contributed by atoms with E-state index in [-0.39, 0.29) is 11.6 Å². The van der Waals surface area contributed by atoms with Crippen molar-refractivity contribution in [3.63, 3.8) is 0 Å². The van der Waals surface area contributed by atoms with Gasteiger partial charge in [-0.1, -0.05) is 19.1 Å². The summed E-state index contributed by atoms with van der Waals surface area (Å²) in [6.45, 7) is 3.39. The normalized spacial score (nSPS) is 10.2. The van der Waals surface area contributed by atoms with E-state index in [1.807, 2.05) is 24.3 Å². The maximum Gasteiger partial charge on any atom is 0.167 e. The van der Waals surface area contributed by atoms with E-state index in [0.717, 1.165) is 17.7 Å². The van der Waals surface area contributed by atoms with Crippen LogP contribution >= 0.6 is 0 Å². The van der Waals surface area contributed by atoms with E-state index in [1.165, 1.54) is 13.2 Å². The van der Waals surface area contributed by atoms with Crippen LogP contribution < -0.4 is 14.8 Å². The highest BCUT2D eigenvalue weighted by molar-refractivity contribution is 5.48. The Morgan fingerprint density at radius 2 is 2.00 bits per heavy atom. The van der Waals surface area contributed by atoms with Crippen molar-refractivity contribution in [1.29, 1.82) is 0 Å². The summed E-state index contributed by atoms with van der Waals surface area (Å²) < 4.78 is 24.1. The van der Waals surface area contributed by atoms with Gasteiger partial charge >= 0.3 is 0 Å². The third-order valence-electron chi connectivity index (χ3n) is 3.02. The zero-order valence-electron chi connectivity index (χ0n) is 12.4. The molecule has 0 heterocycles. The lowest BCUT2D eigenvalue weighted by Crippen LogP contribution is -2.01. The van der Waals surface area contributed by atoms with Crippen molar-refractivity contribution in [1.82, 2.24) is 0 Å². The number of methoxy groups -OCH3 is 1. The molecule has 112 valence electrons. The molecular weight excluding hydrogens is 269 g/mol. The smallest absolute Gasteiger partial charge is 0.167 e. The van der Waals surface area contributed by atoms with Gasteiger partial charge in [0.1, 0.15) is 5.75 Å². The van der Waals surface area contributed by atoms with Crippen LogP contribution in [0.2, 0.25) is 0 Å². The SMILES string of the molecule is CCCOc1cccc(CNc2ccc(OC)c(F)c2)c1. The molecule has 0 saturated carbocycles. The molecule has 0 saturated heterocycles. The van der Waals surface area contributed by atoms with Crippen LogP contribution in [0.5, 0.6) is 11.5 Å². The fourth-order valence-electron chi connectivity index (χ4n) is 1.95. The van der Waals surface area contributed by atoms with Gasteiger partial charge in [-0.05, 0) is 36.2 Å². The third kappa shape index (κ3) is 4.38. The molecule has 0 amide bonds. The molecule has 3 nitrogen and oxygen atoms in total. The minimum atomic E-state index is -0.373. The lowest BCUT2D eigenvalue weighted by Gasteiger charge is -2.10. The average Bonchev–Trinajstić information content (AvgIpc) is 2.51. The summed E-state index contributed by atoms with van der Waals surface area (Å²) in [6, 6.07) is 12.7. The van der Waals surface area contributed by atoms with E-state index < -0.39 is 0 Å². The first-order chi connectivity index (χ1) is 10.2. The fraction of sp³-hybridized carbons (Fsp3) is 0.294. The van der Waals surface area contributed by atoms with Crippen molar-refractivity contribution in [3.8, 4) is 11.5 Å². The van der Waals surface area contributed by atoms with Crippen molar-refractivity contribution in [2.24, 2.45) is 0 Å². The van der Waals surface area contributed by atoms with Gasteiger partial charge in [0, 0.05) is 18.3 Å². The predicted octanol–water partition coefficient (Wildman–Crippen LogP) is 4.24. The molecule has 0 radical (unpaired) electrons. The molecule has 1 N–H and O–H groups in total. The van der Waals surface area contributed by atoms with Gasteiger partial charge in [-0.25, -0.2) is 4.39 Å².